The van der Waals surface area contributed by atoms with Gasteiger partial charge in [0.05, 0.1) is 18.9 Å². The topological polar surface area (TPSA) is 63.2 Å². The number of morpholine rings is 1. The molecule has 1 aliphatic rings. The van der Waals surface area contributed by atoms with Crippen molar-refractivity contribution in [2.24, 2.45) is 10.2 Å². The highest BCUT2D eigenvalue weighted by Crippen LogP contribution is 2.31. The monoisotopic (exact) mass is 286 g/mol. The zero-order valence-electron chi connectivity index (χ0n) is 12.2. The summed E-state index contributed by atoms with van der Waals surface area (Å²) in [6, 6.07) is 7.87. The molecule has 0 bridgehead atoms. The van der Waals surface area contributed by atoms with E-state index in [1.165, 1.54) is 5.56 Å². The summed E-state index contributed by atoms with van der Waals surface area (Å²) < 4.78 is 11.0. The summed E-state index contributed by atoms with van der Waals surface area (Å²) in [7, 11) is 0. The second-order valence-electron chi connectivity index (χ2n) is 5.00. The quantitative estimate of drug-likeness (QED) is 0.809. The zero-order valence-corrected chi connectivity index (χ0v) is 12.2. The first-order chi connectivity index (χ1) is 10.2. The van der Waals surface area contributed by atoms with E-state index >= 15 is 0 Å². The molecule has 0 N–H and O–H groups in total. The predicted molar refractivity (Wildman–Crippen MR) is 79.6 cm³/mol. The molecule has 0 saturated carbocycles. The zero-order chi connectivity index (χ0) is 14.7. The first-order valence-electron chi connectivity index (χ1n) is 7.01. The van der Waals surface area contributed by atoms with Gasteiger partial charge in [0.15, 0.2) is 5.89 Å². The molecule has 2 heterocycles. The third kappa shape index (κ3) is 3.28. The van der Waals surface area contributed by atoms with E-state index in [1.54, 1.807) is 0 Å². The van der Waals surface area contributed by atoms with Crippen molar-refractivity contribution in [1.82, 2.24) is 4.98 Å². The molecule has 0 atom stereocenters. The highest BCUT2D eigenvalue weighted by molar-refractivity contribution is 5.55. The Morgan fingerprint density at radius 3 is 2.48 bits per heavy atom. The number of hydrogen-bond acceptors (Lipinski definition) is 6. The van der Waals surface area contributed by atoms with Crippen LogP contribution in [0.1, 0.15) is 11.5 Å². The van der Waals surface area contributed by atoms with Crippen LogP contribution in [0, 0.1) is 13.8 Å². The number of hydrogen-bond donors (Lipinski definition) is 0. The van der Waals surface area contributed by atoms with Crippen LogP contribution in [0.2, 0.25) is 0 Å². The van der Waals surface area contributed by atoms with Gasteiger partial charge in [0.25, 0.3) is 0 Å². The van der Waals surface area contributed by atoms with Crippen LogP contribution in [0.25, 0.3) is 0 Å². The largest absolute Gasteiger partial charge is 0.423 e. The average Bonchev–Trinajstić information content (AvgIpc) is 2.89. The van der Waals surface area contributed by atoms with Crippen LogP contribution >= 0.6 is 0 Å². The summed E-state index contributed by atoms with van der Waals surface area (Å²) in [5.74, 6) is 1.79. The maximum absolute atomic E-state index is 5.67. The fourth-order valence-corrected chi connectivity index (χ4v) is 2.16. The van der Waals surface area contributed by atoms with Crippen molar-refractivity contribution < 1.29 is 9.15 Å². The molecule has 2 aromatic rings. The number of azo groups is 1. The fraction of sp³-hybridized carbons (Fsp3) is 0.400. The molecule has 6 heteroatoms. The molecule has 0 spiro atoms. The molecule has 1 saturated heterocycles. The molecule has 1 aromatic heterocycles. The first kappa shape index (κ1) is 13.8. The van der Waals surface area contributed by atoms with Gasteiger partial charge >= 0.3 is 0 Å². The van der Waals surface area contributed by atoms with E-state index in [0.717, 1.165) is 18.8 Å². The second kappa shape index (κ2) is 6.05. The Hall–Kier alpha value is -2.21. The van der Waals surface area contributed by atoms with E-state index in [0.29, 0.717) is 30.8 Å². The Kier molecular flexibility index (Phi) is 3.96. The van der Waals surface area contributed by atoms with Crippen LogP contribution < -0.4 is 4.90 Å². The number of anilines is 1. The molecule has 3 rings (SSSR count). The molecule has 110 valence electrons. The molecule has 0 unspecified atom stereocenters. The molecule has 1 aromatic carbocycles. The first-order valence-corrected chi connectivity index (χ1v) is 7.01. The molecule has 0 amide bonds. The third-order valence-electron chi connectivity index (χ3n) is 3.29. The Morgan fingerprint density at radius 2 is 1.76 bits per heavy atom. The van der Waals surface area contributed by atoms with Gasteiger partial charge in [-0.1, -0.05) is 17.7 Å². The number of benzene rings is 1. The standard InChI is InChI=1S/C15H18N4O2/c1-11-3-5-13(6-4-11)17-18-14-15(21-12(2)16-14)19-7-9-20-10-8-19/h3-6H,7-10H2,1-2H3. The number of oxazole rings is 1. The number of nitrogens with zero attached hydrogens (tertiary/aromatic N) is 4. The number of rotatable bonds is 3. The van der Waals surface area contributed by atoms with Crippen molar-refractivity contribution in [3.8, 4) is 0 Å². The minimum Gasteiger partial charge on any atom is -0.423 e. The summed E-state index contributed by atoms with van der Waals surface area (Å²) in [5, 5.41) is 8.47. The van der Waals surface area contributed by atoms with E-state index in [9.17, 15) is 0 Å². The van der Waals surface area contributed by atoms with Crippen molar-refractivity contribution >= 4 is 17.4 Å². The Bertz CT molecular complexity index is 628. The molecule has 1 aliphatic heterocycles. The normalized spacial score (nSPS) is 15.8. The molecular formula is C15H18N4O2. The van der Waals surface area contributed by atoms with Crippen molar-refractivity contribution in [2.75, 3.05) is 31.2 Å². The second-order valence-corrected chi connectivity index (χ2v) is 5.00. The maximum Gasteiger partial charge on any atom is 0.245 e. The van der Waals surface area contributed by atoms with E-state index < -0.39 is 0 Å². The number of aromatic nitrogens is 1. The van der Waals surface area contributed by atoms with Gasteiger partial charge in [0.2, 0.25) is 11.7 Å². The maximum atomic E-state index is 5.67. The minimum absolute atomic E-state index is 0.523. The van der Waals surface area contributed by atoms with Crippen molar-refractivity contribution in [2.45, 2.75) is 13.8 Å². The van der Waals surface area contributed by atoms with E-state index in [2.05, 4.69) is 20.1 Å². The van der Waals surface area contributed by atoms with Gasteiger partial charge in [-0.15, -0.1) is 10.2 Å². The van der Waals surface area contributed by atoms with Crippen LogP contribution in [0.3, 0.4) is 0 Å². The summed E-state index contributed by atoms with van der Waals surface area (Å²) in [5.41, 5.74) is 1.99. The molecule has 1 fully saturated rings. The van der Waals surface area contributed by atoms with Crippen LogP contribution in [-0.4, -0.2) is 31.3 Å². The van der Waals surface area contributed by atoms with Gasteiger partial charge in [-0.2, -0.15) is 4.98 Å². The van der Waals surface area contributed by atoms with Gasteiger partial charge in [-0.3, -0.25) is 0 Å². The minimum atomic E-state index is 0.523. The van der Waals surface area contributed by atoms with Gasteiger partial charge in [-0.05, 0) is 19.1 Å². The van der Waals surface area contributed by atoms with Crippen LogP contribution in [0.4, 0.5) is 17.4 Å². The van der Waals surface area contributed by atoms with E-state index in [-0.39, 0.29) is 0 Å². The molecule has 0 aliphatic carbocycles. The van der Waals surface area contributed by atoms with Gasteiger partial charge in [0.1, 0.15) is 0 Å². The van der Waals surface area contributed by atoms with Crippen LogP contribution in [0.5, 0.6) is 0 Å². The van der Waals surface area contributed by atoms with Gasteiger partial charge in [-0.25, -0.2) is 0 Å². The van der Waals surface area contributed by atoms with Crippen LogP contribution in [-0.2, 0) is 4.74 Å². The van der Waals surface area contributed by atoms with Crippen LogP contribution in [0.15, 0.2) is 38.9 Å². The van der Waals surface area contributed by atoms with Crippen molar-refractivity contribution in [1.29, 1.82) is 0 Å². The molecule has 0 radical (unpaired) electrons. The lowest BCUT2D eigenvalue weighted by Crippen LogP contribution is -2.36. The summed E-state index contributed by atoms with van der Waals surface area (Å²) in [6.45, 7) is 6.79. The molecule has 6 nitrogen and oxygen atoms in total. The summed E-state index contributed by atoms with van der Waals surface area (Å²) >= 11 is 0. The Morgan fingerprint density at radius 1 is 1.05 bits per heavy atom. The predicted octanol–water partition coefficient (Wildman–Crippen LogP) is 3.54. The smallest absolute Gasteiger partial charge is 0.245 e. The Balaban J connectivity index is 1.82. The SMILES string of the molecule is Cc1ccc(N=Nc2nc(C)oc2N2CCOCC2)cc1. The number of ether oxygens (including phenoxy) is 1. The third-order valence-corrected chi connectivity index (χ3v) is 3.29. The molecule has 21 heavy (non-hydrogen) atoms. The summed E-state index contributed by atoms with van der Waals surface area (Å²) in [6.07, 6.45) is 0. The van der Waals surface area contributed by atoms with Crippen molar-refractivity contribution in [3.05, 3.63) is 35.7 Å². The van der Waals surface area contributed by atoms with Gasteiger partial charge < -0.3 is 14.1 Å². The van der Waals surface area contributed by atoms with E-state index in [4.69, 9.17) is 9.15 Å². The lowest BCUT2D eigenvalue weighted by atomic mass is 10.2. The van der Waals surface area contributed by atoms with Crippen molar-refractivity contribution in [3.63, 3.8) is 0 Å². The van der Waals surface area contributed by atoms with E-state index in [1.807, 2.05) is 38.1 Å². The Labute approximate surface area is 123 Å². The highest BCUT2D eigenvalue weighted by Gasteiger charge is 2.20. The highest BCUT2D eigenvalue weighted by atomic mass is 16.5. The average molecular weight is 286 g/mol. The molecular weight excluding hydrogens is 268 g/mol. The lowest BCUT2D eigenvalue weighted by molar-refractivity contribution is 0.120. The lowest BCUT2D eigenvalue weighted by Gasteiger charge is -2.25. The number of aryl methyl sites for hydroxylation is 2. The van der Waals surface area contributed by atoms with Gasteiger partial charge in [0, 0.05) is 20.0 Å². The summed E-state index contributed by atoms with van der Waals surface area (Å²) in [4.78, 5) is 6.40. The fourth-order valence-electron chi connectivity index (χ4n) is 2.16.